The van der Waals surface area contributed by atoms with Crippen LogP contribution in [-0.2, 0) is 16.8 Å². The average molecular weight is 477 g/mol. The van der Waals surface area contributed by atoms with Gasteiger partial charge < -0.3 is 37.2 Å². The van der Waals surface area contributed by atoms with E-state index in [1.807, 2.05) is 66.8 Å². The molecular formula is C19H13Cl3CoN5. The predicted octanol–water partition coefficient (Wildman–Crippen LogP) is -6.52. The molecule has 5 rings (SSSR count). The fraction of sp³-hybridized carbons (Fsp3) is 0.105. The zero-order valence-electron chi connectivity index (χ0n) is 14.2. The van der Waals surface area contributed by atoms with Crippen molar-refractivity contribution >= 4 is 23.1 Å². The van der Waals surface area contributed by atoms with Crippen LogP contribution in [0.15, 0.2) is 86.8 Å². The number of aliphatic imine (C=N–C) groups is 4. The minimum atomic E-state index is 0. The summed E-state index contributed by atoms with van der Waals surface area (Å²) in [6.07, 6.45) is 16.0. The fourth-order valence-electron chi connectivity index (χ4n) is 2.96. The minimum Gasteiger partial charge on any atom is -1.00 e. The summed E-state index contributed by atoms with van der Waals surface area (Å²) in [5.41, 5.74) is 3.42. The third-order valence-electron chi connectivity index (χ3n) is 4.15. The van der Waals surface area contributed by atoms with Crippen molar-refractivity contribution in [3.63, 3.8) is 0 Å². The Hall–Kier alpha value is -1.83. The number of pyridine rings is 1. The normalized spacial score (nSPS) is 22.1. The molecule has 0 spiro atoms. The Morgan fingerprint density at radius 3 is 1.54 bits per heavy atom. The van der Waals surface area contributed by atoms with Crippen LogP contribution < -0.4 is 37.2 Å². The second kappa shape index (κ2) is 10.1. The molecule has 0 bridgehead atoms. The second-order valence-electron chi connectivity index (χ2n) is 5.76. The monoisotopic (exact) mass is 475 g/mol. The van der Waals surface area contributed by atoms with E-state index in [-0.39, 0.29) is 66.1 Å². The molecule has 0 amide bonds. The van der Waals surface area contributed by atoms with Gasteiger partial charge in [0.05, 0.1) is 11.4 Å². The van der Waals surface area contributed by atoms with Crippen LogP contribution in [-0.4, -0.2) is 40.2 Å². The van der Waals surface area contributed by atoms with Crippen molar-refractivity contribution < 1.29 is 54.0 Å². The number of fused-ring (bicyclic) bond motifs is 2. The van der Waals surface area contributed by atoms with E-state index in [0.29, 0.717) is 11.7 Å². The molecule has 2 atom stereocenters. The van der Waals surface area contributed by atoms with Gasteiger partial charge in [-0.1, -0.05) is 42.5 Å². The molecule has 144 valence electrons. The smallest absolute Gasteiger partial charge is 1.00 e. The second-order valence-corrected chi connectivity index (χ2v) is 5.76. The van der Waals surface area contributed by atoms with Gasteiger partial charge in [-0.25, -0.2) is 15.0 Å². The summed E-state index contributed by atoms with van der Waals surface area (Å²) in [4.78, 5) is 23.1. The Bertz CT molecular complexity index is 914. The molecule has 1 aromatic rings. The van der Waals surface area contributed by atoms with Crippen molar-refractivity contribution in [2.45, 2.75) is 12.1 Å². The first-order chi connectivity index (χ1) is 11.9. The molecule has 0 saturated carbocycles. The van der Waals surface area contributed by atoms with E-state index >= 15 is 0 Å². The Labute approximate surface area is 191 Å². The van der Waals surface area contributed by atoms with Gasteiger partial charge in [0.15, 0.2) is 11.7 Å². The standard InChI is InChI=1S/C19H13N5.3ClH.Co/c1-2-7-13-12(6-1)21-18(22-13)16-10-5-11-17(20-16)19-23-14-8-3-4-9-15(14)24-19;;;;/h1-12,14H;3*1H;/q;;;;+3/p-3. The molecule has 1 aromatic heterocycles. The van der Waals surface area contributed by atoms with E-state index in [2.05, 4.69) is 25.0 Å². The number of rotatable bonds is 2. The summed E-state index contributed by atoms with van der Waals surface area (Å²) < 4.78 is 0. The van der Waals surface area contributed by atoms with Crippen LogP contribution in [0.4, 0.5) is 0 Å². The number of amidine groups is 2. The van der Waals surface area contributed by atoms with E-state index in [4.69, 9.17) is 0 Å². The summed E-state index contributed by atoms with van der Waals surface area (Å²) >= 11 is 0. The molecule has 2 unspecified atom stereocenters. The van der Waals surface area contributed by atoms with Gasteiger partial charge >= 0.3 is 16.8 Å². The summed E-state index contributed by atoms with van der Waals surface area (Å²) in [6.45, 7) is 0. The largest absolute Gasteiger partial charge is 3.00 e. The SMILES string of the molecule is C1=CC2=NC(c3cccc(C4=NC5C=CC=CC5=N4)n3)=NC2C=C1.[Cl-].[Cl-].[Cl-].[Co+3]. The molecule has 0 fully saturated rings. The maximum absolute atomic E-state index is 4.68. The van der Waals surface area contributed by atoms with Crippen molar-refractivity contribution in [1.82, 2.24) is 4.98 Å². The molecule has 2 aliphatic heterocycles. The molecule has 3 heterocycles. The van der Waals surface area contributed by atoms with Gasteiger partial charge in [-0.3, -0.25) is 9.98 Å². The van der Waals surface area contributed by atoms with Crippen molar-refractivity contribution in [3.8, 4) is 0 Å². The molecule has 28 heavy (non-hydrogen) atoms. The van der Waals surface area contributed by atoms with Crippen LogP contribution in [0.5, 0.6) is 0 Å². The van der Waals surface area contributed by atoms with E-state index < -0.39 is 0 Å². The number of nitrogens with zero attached hydrogens (tertiary/aromatic N) is 5. The Morgan fingerprint density at radius 1 is 0.643 bits per heavy atom. The topological polar surface area (TPSA) is 62.3 Å². The van der Waals surface area contributed by atoms with E-state index in [9.17, 15) is 0 Å². The molecule has 5 nitrogen and oxygen atoms in total. The molecule has 9 heteroatoms. The summed E-state index contributed by atoms with van der Waals surface area (Å²) in [5, 5.41) is 0. The van der Waals surface area contributed by atoms with Crippen molar-refractivity contribution in [1.29, 1.82) is 0 Å². The van der Waals surface area contributed by atoms with Crippen molar-refractivity contribution in [3.05, 3.63) is 78.2 Å². The predicted molar refractivity (Wildman–Crippen MR) is 96.3 cm³/mol. The third-order valence-corrected chi connectivity index (χ3v) is 4.15. The van der Waals surface area contributed by atoms with Gasteiger partial charge in [0, 0.05) is 0 Å². The summed E-state index contributed by atoms with van der Waals surface area (Å²) in [6, 6.07) is 5.82. The van der Waals surface area contributed by atoms with Crippen LogP contribution in [0.25, 0.3) is 0 Å². The van der Waals surface area contributed by atoms with Gasteiger partial charge in [-0.2, -0.15) is 0 Å². The number of hydrogen-bond acceptors (Lipinski definition) is 5. The zero-order valence-corrected chi connectivity index (χ0v) is 17.5. The summed E-state index contributed by atoms with van der Waals surface area (Å²) in [5.74, 6) is 1.33. The maximum Gasteiger partial charge on any atom is 3.00 e. The number of allylic oxidation sites excluding steroid dienone is 4. The molecule has 0 aromatic carbocycles. The van der Waals surface area contributed by atoms with Gasteiger partial charge in [0.2, 0.25) is 0 Å². The zero-order chi connectivity index (χ0) is 15.9. The molecule has 0 radical (unpaired) electrons. The maximum atomic E-state index is 4.68. The first kappa shape index (κ1) is 24.2. The van der Waals surface area contributed by atoms with Crippen molar-refractivity contribution in [2.24, 2.45) is 20.0 Å². The average Bonchev–Trinajstić information content (AvgIpc) is 3.26. The van der Waals surface area contributed by atoms with Gasteiger partial charge in [-0.15, -0.1) is 0 Å². The first-order valence-electron chi connectivity index (χ1n) is 7.87. The first-order valence-corrected chi connectivity index (χ1v) is 7.87. The molecule has 2 aliphatic carbocycles. The molecule has 0 saturated heterocycles. The number of hydrogen-bond donors (Lipinski definition) is 0. The minimum absolute atomic E-state index is 0. The Balaban J connectivity index is 0.000000980. The molecule has 4 aliphatic rings. The quantitative estimate of drug-likeness (QED) is 0.419. The van der Waals surface area contributed by atoms with E-state index in [0.717, 1.165) is 22.8 Å². The molecule has 0 N–H and O–H groups in total. The van der Waals surface area contributed by atoms with Gasteiger partial charge in [0.1, 0.15) is 23.5 Å². The Morgan fingerprint density at radius 2 is 1.11 bits per heavy atom. The van der Waals surface area contributed by atoms with Gasteiger partial charge in [0.25, 0.3) is 0 Å². The summed E-state index contributed by atoms with van der Waals surface area (Å²) in [7, 11) is 0. The Kier molecular flexibility index (Phi) is 8.72. The number of halogens is 3. The molecular weight excluding hydrogens is 464 g/mol. The van der Waals surface area contributed by atoms with Crippen LogP contribution in [0.1, 0.15) is 11.4 Å². The van der Waals surface area contributed by atoms with Crippen LogP contribution in [0, 0.1) is 0 Å². The van der Waals surface area contributed by atoms with Crippen LogP contribution in [0.3, 0.4) is 0 Å². The van der Waals surface area contributed by atoms with E-state index in [1.165, 1.54) is 0 Å². The number of aromatic nitrogens is 1. The fourth-order valence-corrected chi connectivity index (χ4v) is 2.96. The van der Waals surface area contributed by atoms with Crippen molar-refractivity contribution in [2.75, 3.05) is 0 Å². The van der Waals surface area contributed by atoms with Crippen LogP contribution >= 0.6 is 0 Å². The third kappa shape index (κ3) is 4.42. The van der Waals surface area contributed by atoms with Crippen LogP contribution in [0.2, 0.25) is 0 Å². The van der Waals surface area contributed by atoms with E-state index in [1.54, 1.807) is 0 Å². The van der Waals surface area contributed by atoms with Gasteiger partial charge in [-0.05, 0) is 24.3 Å².